The summed E-state index contributed by atoms with van der Waals surface area (Å²) in [4.78, 5) is 14.5. The fraction of sp³-hybridized carbons (Fsp3) is 0.739. The molecule has 2 aromatic heterocycles. The molecule has 31 heavy (non-hydrogen) atoms. The number of hydrogen-bond donors (Lipinski definition) is 0. The minimum atomic E-state index is -3.16. The molecule has 3 heterocycles. The first kappa shape index (κ1) is 22.9. The number of aryl methyl sites for hydroxylation is 2. The van der Waals surface area contributed by atoms with E-state index in [-0.39, 0.29) is 5.75 Å². The highest BCUT2D eigenvalue weighted by molar-refractivity contribution is 7.89. The van der Waals surface area contributed by atoms with Crippen molar-refractivity contribution in [3.8, 4) is 0 Å². The molecule has 8 heteroatoms. The molecule has 0 atom stereocenters. The molecule has 2 aliphatic rings. The number of nitrogens with zero attached hydrogens (tertiary/aromatic N) is 4. The topological polar surface area (TPSA) is 66.4 Å². The van der Waals surface area contributed by atoms with Gasteiger partial charge < -0.3 is 4.90 Å². The quantitative estimate of drug-likeness (QED) is 0.463. The summed E-state index contributed by atoms with van der Waals surface area (Å²) in [5, 5.41) is 1.16. The number of anilines is 1. The Hall–Kier alpha value is -1.25. The van der Waals surface area contributed by atoms with Crippen LogP contribution in [0.25, 0.3) is 10.2 Å². The largest absolute Gasteiger partial charge is 0.353 e. The SMILES string of the molecule is CCCCCCCCS(=O)(=O)N1CCN(c2nc(C3CC3)nc3sc(C)c(C)c23)CC1. The number of thiophene rings is 1. The number of aromatic nitrogens is 2. The van der Waals surface area contributed by atoms with Gasteiger partial charge >= 0.3 is 0 Å². The van der Waals surface area contributed by atoms with Crippen LogP contribution in [0.4, 0.5) is 5.82 Å². The van der Waals surface area contributed by atoms with Gasteiger partial charge in [0.05, 0.1) is 11.1 Å². The van der Waals surface area contributed by atoms with Gasteiger partial charge in [-0.3, -0.25) is 0 Å². The van der Waals surface area contributed by atoms with Gasteiger partial charge in [0.2, 0.25) is 10.0 Å². The molecule has 2 fully saturated rings. The molecule has 0 radical (unpaired) electrons. The Morgan fingerprint density at radius 2 is 1.65 bits per heavy atom. The Bertz CT molecular complexity index is 1010. The number of rotatable bonds is 10. The maximum atomic E-state index is 12.8. The average molecular weight is 465 g/mol. The van der Waals surface area contributed by atoms with Crippen LogP contribution in [-0.2, 0) is 10.0 Å². The lowest BCUT2D eigenvalue weighted by atomic mass is 10.1. The second-order valence-corrected chi connectivity index (χ2v) is 12.4. The fourth-order valence-corrected chi connectivity index (χ4v) is 6.95. The van der Waals surface area contributed by atoms with Crippen molar-refractivity contribution in [1.82, 2.24) is 14.3 Å². The zero-order valence-corrected chi connectivity index (χ0v) is 20.8. The minimum absolute atomic E-state index is 0.283. The maximum absolute atomic E-state index is 12.8. The zero-order valence-electron chi connectivity index (χ0n) is 19.2. The normalized spacial score (nSPS) is 18.2. The molecule has 0 unspecified atom stereocenters. The third-order valence-electron chi connectivity index (χ3n) is 6.66. The summed E-state index contributed by atoms with van der Waals surface area (Å²) in [6, 6.07) is 0. The summed E-state index contributed by atoms with van der Waals surface area (Å²) >= 11 is 1.75. The summed E-state index contributed by atoms with van der Waals surface area (Å²) in [6.07, 6.45) is 8.97. The molecule has 0 aromatic carbocycles. The number of hydrogen-bond acceptors (Lipinski definition) is 6. The van der Waals surface area contributed by atoms with E-state index in [1.54, 1.807) is 15.6 Å². The van der Waals surface area contributed by atoms with Gasteiger partial charge in [-0.15, -0.1) is 11.3 Å². The van der Waals surface area contributed by atoms with E-state index in [4.69, 9.17) is 9.97 Å². The Labute approximate surface area is 191 Å². The van der Waals surface area contributed by atoms with Crippen LogP contribution in [0.15, 0.2) is 0 Å². The van der Waals surface area contributed by atoms with Crippen LogP contribution in [0.5, 0.6) is 0 Å². The molecule has 2 aromatic rings. The van der Waals surface area contributed by atoms with Crippen molar-refractivity contribution < 1.29 is 8.42 Å². The third-order valence-corrected chi connectivity index (χ3v) is 9.71. The molecule has 0 N–H and O–H groups in total. The maximum Gasteiger partial charge on any atom is 0.214 e. The first-order valence-electron chi connectivity index (χ1n) is 11.9. The van der Waals surface area contributed by atoms with Crippen molar-refractivity contribution in [3.63, 3.8) is 0 Å². The third kappa shape index (κ3) is 5.22. The lowest BCUT2D eigenvalue weighted by Crippen LogP contribution is -2.49. The number of unbranched alkanes of at least 4 members (excludes halogenated alkanes) is 5. The van der Waals surface area contributed by atoms with Crippen molar-refractivity contribution in [1.29, 1.82) is 0 Å². The molecular weight excluding hydrogens is 428 g/mol. The van der Waals surface area contributed by atoms with Gasteiger partial charge in [0.15, 0.2) is 0 Å². The van der Waals surface area contributed by atoms with Gasteiger partial charge in [-0.25, -0.2) is 18.4 Å². The molecule has 1 saturated heterocycles. The van der Waals surface area contributed by atoms with Crippen LogP contribution < -0.4 is 4.90 Å². The molecule has 1 saturated carbocycles. The van der Waals surface area contributed by atoms with E-state index in [1.165, 1.54) is 42.5 Å². The van der Waals surface area contributed by atoms with Crippen LogP contribution in [0.1, 0.15) is 80.5 Å². The Morgan fingerprint density at radius 1 is 0.968 bits per heavy atom. The van der Waals surface area contributed by atoms with E-state index in [1.807, 2.05) is 0 Å². The lowest BCUT2D eigenvalue weighted by Gasteiger charge is -2.35. The van der Waals surface area contributed by atoms with E-state index in [0.717, 1.165) is 41.1 Å². The van der Waals surface area contributed by atoms with Crippen LogP contribution in [-0.4, -0.2) is 54.6 Å². The Kier molecular flexibility index (Phi) is 7.18. The summed E-state index contributed by atoms with van der Waals surface area (Å²) in [5.74, 6) is 2.78. The molecule has 0 bridgehead atoms. The number of piperazine rings is 1. The van der Waals surface area contributed by atoms with Crippen molar-refractivity contribution in [2.24, 2.45) is 0 Å². The molecule has 1 aliphatic heterocycles. The van der Waals surface area contributed by atoms with Gasteiger partial charge in [-0.2, -0.15) is 4.31 Å². The smallest absolute Gasteiger partial charge is 0.214 e. The van der Waals surface area contributed by atoms with Crippen molar-refractivity contribution in [2.75, 3.05) is 36.8 Å². The lowest BCUT2D eigenvalue weighted by molar-refractivity contribution is 0.383. The highest BCUT2D eigenvalue weighted by Gasteiger charge is 2.32. The standard InChI is InChI=1S/C23H36N4O2S2/c1-4-5-6-7-8-9-16-31(28,29)27-14-12-26(13-15-27)22-20-17(2)18(3)30-23(20)25-21(24-22)19-10-11-19/h19H,4-16H2,1-3H3. The van der Waals surface area contributed by atoms with Crippen molar-refractivity contribution >= 4 is 37.4 Å². The molecule has 0 amide bonds. The first-order chi connectivity index (χ1) is 14.9. The van der Waals surface area contributed by atoms with E-state index < -0.39 is 10.0 Å². The second-order valence-electron chi connectivity index (χ2n) is 9.11. The van der Waals surface area contributed by atoms with Gasteiger partial charge in [0, 0.05) is 37.0 Å². The fourth-order valence-electron chi connectivity index (χ4n) is 4.37. The second kappa shape index (κ2) is 9.71. The molecule has 6 nitrogen and oxygen atoms in total. The van der Waals surface area contributed by atoms with E-state index in [9.17, 15) is 8.42 Å². The molecule has 172 valence electrons. The molecular formula is C23H36N4O2S2. The zero-order chi connectivity index (χ0) is 22.0. The van der Waals surface area contributed by atoms with Crippen LogP contribution in [0.2, 0.25) is 0 Å². The van der Waals surface area contributed by atoms with Crippen LogP contribution >= 0.6 is 11.3 Å². The number of fused-ring (bicyclic) bond motifs is 1. The van der Waals surface area contributed by atoms with Crippen molar-refractivity contribution in [3.05, 3.63) is 16.3 Å². The highest BCUT2D eigenvalue weighted by atomic mass is 32.2. The van der Waals surface area contributed by atoms with Gasteiger partial charge in [0.1, 0.15) is 16.5 Å². The minimum Gasteiger partial charge on any atom is -0.353 e. The van der Waals surface area contributed by atoms with Crippen molar-refractivity contribution in [2.45, 2.75) is 78.1 Å². The van der Waals surface area contributed by atoms with Gasteiger partial charge in [-0.1, -0.05) is 39.0 Å². The Balaban J connectivity index is 1.41. The number of sulfonamides is 1. The predicted octanol–water partition coefficient (Wildman–Crippen LogP) is 5.00. The molecule has 1 aliphatic carbocycles. The average Bonchev–Trinajstić information content (AvgIpc) is 3.56. The summed E-state index contributed by atoms with van der Waals surface area (Å²) in [6.45, 7) is 8.98. The predicted molar refractivity (Wildman–Crippen MR) is 130 cm³/mol. The molecule has 4 rings (SSSR count). The van der Waals surface area contributed by atoms with E-state index >= 15 is 0 Å². The summed E-state index contributed by atoms with van der Waals surface area (Å²) in [5.41, 5.74) is 1.26. The Morgan fingerprint density at radius 3 is 2.32 bits per heavy atom. The monoisotopic (exact) mass is 464 g/mol. The van der Waals surface area contributed by atoms with Gasteiger partial charge in [-0.05, 0) is 38.7 Å². The van der Waals surface area contributed by atoms with E-state index in [0.29, 0.717) is 32.1 Å². The van der Waals surface area contributed by atoms with E-state index in [2.05, 4.69) is 25.7 Å². The highest BCUT2D eigenvalue weighted by Crippen LogP contribution is 2.42. The summed E-state index contributed by atoms with van der Waals surface area (Å²) < 4.78 is 27.3. The summed E-state index contributed by atoms with van der Waals surface area (Å²) in [7, 11) is -3.16. The van der Waals surface area contributed by atoms with Gasteiger partial charge in [0.25, 0.3) is 0 Å². The first-order valence-corrected chi connectivity index (χ1v) is 14.3. The van der Waals surface area contributed by atoms with Crippen LogP contribution in [0.3, 0.4) is 0 Å². The molecule has 0 spiro atoms. The van der Waals surface area contributed by atoms with Crippen LogP contribution in [0, 0.1) is 13.8 Å².